The molecule has 0 saturated carbocycles. The number of hydrogen-bond acceptors (Lipinski definition) is 4. The number of rotatable bonds is 4. The molecule has 0 aliphatic carbocycles. The molecular formula is C24H16BrN3O4. The second-order valence-electron chi connectivity index (χ2n) is 7.36. The molecule has 1 aliphatic heterocycles. The normalized spacial score (nSPS) is 15.1. The minimum absolute atomic E-state index is 0.276. The van der Waals surface area contributed by atoms with Crippen LogP contribution in [0.1, 0.15) is 38.0 Å². The van der Waals surface area contributed by atoms with Crippen molar-refractivity contribution in [1.82, 2.24) is 10.2 Å². The first-order valence-corrected chi connectivity index (χ1v) is 10.5. The van der Waals surface area contributed by atoms with E-state index in [0.717, 1.165) is 15.6 Å². The van der Waals surface area contributed by atoms with Gasteiger partial charge < -0.3 is 10.2 Å². The lowest BCUT2D eigenvalue weighted by Crippen LogP contribution is -2.29. The summed E-state index contributed by atoms with van der Waals surface area (Å²) in [4.78, 5) is 26.6. The Bertz CT molecular complexity index is 1350. The standard InChI is InChI=1S/C24H16BrN3O4/c25-15-8-6-14(7-9-15)22-19-20(13-4-2-1-3-5-13)26-27-21(19)23(30)28(22)16-10-11-18(29)17(12-16)24(31)32/h1-12,22,29H,(H,26,27)(H,31,32). The summed E-state index contributed by atoms with van der Waals surface area (Å²) in [5.74, 6) is -1.97. The fraction of sp³-hybridized carbons (Fsp3) is 0.0417. The van der Waals surface area contributed by atoms with Crippen molar-refractivity contribution in [3.8, 4) is 17.0 Å². The molecule has 1 unspecified atom stereocenters. The van der Waals surface area contributed by atoms with E-state index in [-0.39, 0.29) is 17.2 Å². The van der Waals surface area contributed by atoms with E-state index in [1.807, 2.05) is 54.6 Å². The number of nitrogens with one attached hydrogen (secondary N) is 1. The minimum atomic E-state index is -1.28. The number of H-pyrrole nitrogens is 1. The maximum Gasteiger partial charge on any atom is 0.339 e. The quantitative estimate of drug-likeness (QED) is 0.374. The van der Waals surface area contributed by atoms with Crippen LogP contribution >= 0.6 is 15.9 Å². The van der Waals surface area contributed by atoms with Gasteiger partial charge in [0.15, 0.2) is 0 Å². The molecule has 1 aromatic heterocycles. The largest absolute Gasteiger partial charge is 0.507 e. The van der Waals surface area contributed by atoms with Crippen LogP contribution in [0.3, 0.4) is 0 Å². The van der Waals surface area contributed by atoms with E-state index < -0.39 is 12.0 Å². The number of aromatic amines is 1. The van der Waals surface area contributed by atoms with Crippen LogP contribution in [0.15, 0.2) is 77.3 Å². The Balaban J connectivity index is 1.73. The van der Waals surface area contributed by atoms with Gasteiger partial charge in [0, 0.05) is 21.3 Å². The molecule has 1 amide bonds. The maximum atomic E-state index is 13.5. The highest BCUT2D eigenvalue weighted by Gasteiger charge is 2.43. The Hall–Kier alpha value is -3.91. The number of anilines is 1. The minimum Gasteiger partial charge on any atom is -0.507 e. The molecule has 1 atom stereocenters. The van der Waals surface area contributed by atoms with Crippen LogP contribution < -0.4 is 4.90 Å². The summed E-state index contributed by atoms with van der Waals surface area (Å²) in [6, 6.07) is 20.7. The molecule has 32 heavy (non-hydrogen) atoms. The van der Waals surface area contributed by atoms with Gasteiger partial charge in [-0.3, -0.25) is 14.8 Å². The second-order valence-corrected chi connectivity index (χ2v) is 8.28. The van der Waals surface area contributed by atoms with E-state index in [9.17, 15) is 19.8 Å². The average Bonchev–Trinajstić information content (AvgIpc) is 3.34. The Kier molecular flexibility index (Phi) is 4.79. The summed E-state index contributed by atoms with van der Waals surface area (Å²) in [6.07, 6.45) is 0. The highest BCUT2D eigenvalue weighted by molar-refractivity contribution is 9.10. The fourth-order valence-corrected chi connectivity index (χ4v) is 4.30. The van der Waals surface area contributed by atoms with Crippen molar-refractivity contribution in [1.29, 1.82) is 0 Å². The van der Waals surface area contributed by atoms with Crippen molar-refractivity contribution in [2.75, 3.05) is 4.90 Å². The number of carboxylic acid groups (broad SMARTS) is 1. The van der Waals surface area contributed by atoms with Gasteiger partial charge in [-0.25, -0.2) is 4.79 Å². The molecule has 4 aromatic rings. The van der Waals surface area contributed by atoms with Gasteiger partial charge in [-0.05, 0) is 35.9 Å². The zero-order valence-corrected chi connectivity index (χ0v) is 18.1. The van der Waals surface area contributed by atoms with E-state index in [1.54, 1.807) is 0 Å². The molecule has 3 N–H and O–H groups in total. The number of phenols is 1. The van der Waals surface area contributed by atoms with Crippen molar-refractivity contribution in [2.24, 2.45) is 0 Å². The van der Waals surface area contributed by atoms with E-state index in [1.165, 1.54) is 23.1 Å². The van der Waals surface area contributed by atoms with Gasteiger partial charge in [0.1, 0.15) is 17.0 Å². The molecule has 8 heteroatoms. The number of aromatic nitrogens is 2. The van der Waals surface area contributed by atoms with Crippen LogP contribution in [-0.4, -0.2) is 32.3 Å². The number of hydrogen-bond donors (Lipinski definition) is 3. The van der Waals surface area contributed by atoms with Gasteiger partial charge in [0.05, 0.1) is 11.7 Å². The zero-order chi connectivity index (χ0) is 22.4. The summed E-state index contributed by atoms with van der Waals surface area (Å²) < 4.78 is 0.894. The van der Waals surface area contributed by atoms with E-state index >= 15 is 0 Å². The van der Waals surface area contributed by atoms with Crippen LogP contribution in [-0.2, 0) is 0 Å². The number of halogens is 1. The van der Waals surface area contributed by atoms with E-state index in [4.69, 9.17) is 0 Å². The molecule has 7 nitrogen and oxygen atoms in total. The Morgan fingerprint density at radius 1 is 1.03 bits per heavy atom. The molecule has 158 valence electrons. The molecule has 0 radical (unpaired) electrons. The Morgan fingerprint density at radius 2 is 1.75 bits per heavy atom. The lowest BCUT2D eigenvalue weighted by molar-refractivity contribution is 0.0693. The molecule has 0 saturated heterocycles. The number of carbonyl (C=O) groups is 2. The molecule has 2 heterocycles. The second kappa shape index (κ2) is 7.65. The number of carbonyl (C=O) groups excluding carboxylic acids is 1. The van der Waals surface area contributed by atoms with Gasteiger partial charge in [0.25, 0.3) is 5.91 Å². The van der Waals surface area contributed by atoms with Crippen molar-refractivity contribution >= 4 is 33.5 Å². The first-order chi connectivity index (χ1) is 15.5. The molecule has 1 aliphatic rings. The van der Waals surface area contributed by atoms with Crippen LogP contribution in [0.5, 0.6) is 5.75 Å². The maximum absolute atomic E-state index is 13.5. The summed E-state index contributed by atoms with van der Waals surface area (Å²) in [6.45, 7) is 0. The average molecular weight is 490 g/mol. The van der Waals surface area contributed by atoms with Gasteiger partial charge >= 0.3 is 5.97 Å². The predicted octanol–water partition coefficient (Wildman–Crippen LogP) is 4.99. The van der Waals surface area contributed by atoms with Crippen LogP contribution in [0, 0.1) is 0 Å². The third-order valence-corrected chi connectivity index (χ3v) is 6.02. The lowest BCUT2D eigenvalue weighted by Gasteiger charge is -2.27. The highest BCUT2D eigenvalue weighted by Crippen LogP contribution is 2.45. The molecule has 0 spiro atoms. The first kappa shape index (κ1) is 20.0. The van der Waals surface area contributed by atoms with Crippen LogP contribution in [0.4, 0.5) is 5.69 Å². The number of nitrogens with zero attached hydrogens (tertiary/aromatic N) is 2. The Morgan fingerprint density at radius 3 is 2.44 bits per heavy atom. The van der Waals surface area contributed by atoms with Crippen molar-refractivity contribution in [3.05, 3.63) is 99.7 Å². The summed E-state index contributed by atoms with van der Waals surface area (Å²) >= 11 is 3.44. The van der Waals surface area contributed by atoms with Crippen molar-refractivity contribution < 1.29 is 19.8 Å². The molecule has 0 bridgehead atoms. The lowest BCUT2D eigenvalue weighted by atomic mass is 9.96. The number of benzene rings is 3. The molecular weight excluding hydrogens is 474 g/mol. The number of aromatic hydroxyl groups is 1. The van der Waals surface area contributed by atoms with Crippen molar-refractivity contribution in [3.63, 3.8) is 0 Å². The van der Waals surface area contributed by atoms with Gasteiger partial charge in [0.2, 0.25) is 0 Å². The van der Waals surface area contributed by atoms with E-state index in [0.29, 0.717) is 22.6 Å². The zero-order valence-electron chi connectivity index (χ0n) is 16.5. The highest BCUT2D eigenvalue weighted by atomic mass is 79.9. The summed E-state index contributed by atoms with van der Waals surface area (Å²) in [5, 5.41) is 26.7. The van der Waals surface area contributed by atoms with Crippen LogP contribution in [0.25, 0.3) is 11.3 Å². The number of aromatic carboxylic acids is 1. The molecule has 5 rings (SSSR count). The van der Waals surface area contributed by atoms with E-state index in [2.05, 4.69) is 26.1 Å². The fourth-order valence-electron chi connectivity index (χ4n) is 4.04. The summed E-state index contributed by atoms with van der Waals surface area (Å²) in [5.41, 5.74) is 3.50. The monoisotopic (exact) mass is 489 g/mol. The van der Waals surface area contributed by atoms with Gasteiger partial charge in [-0.1, -0.05) is 58.4 Å². The number of carboxylic acids is 1. The Labute approximate surface area is 191 Å². The smallest absolute Gasteiger partial charge is 0.339 e. The topological polar surface area (TPSA) is 107 Å². The molecule has 3 aromatic carbocycles. The third kappa shape index (κ3) is 3.16. The first-order valence-electron chi connectivity index (χ1n) is 9.74. The SMILES string of the molecule is O=C(O)c1cc(N2C(=O)c3[nH]nc(-c4ccccc4)c3C2c2ccc(Br)cc2)ccc1O. The molecule has 0 fully saturated rings. The number of amides is 1. The summed E-state index contributed by atoms with van der Waals surface area (Å²) in [7, 11) is 0. The van der Waals surface area contributed by atoms with Gasteiger partial charge in [-0.2, -0.15) is 5.10 Å². The van der Waals surface area contributed by atoms with Gasteiger partial charge in [-0.15, -0.1) is 0 Å². The van der Waals surface area contributed by atoms with Crippen molar-refractivity contribution in [2.45, 2.75) is 6.04 Å². The van der Waals surface area contributed by atoms with Crippen LogP contribution in [0.2, 0.25) is 0 Å². The number of fused-ring (bicyclic) bond motifs is 1. The third-order valence-electron chi connectivity index (χ3n) is 5.49. The predicted molar refractivity (Wildman–Crippen MR) is 122 cm³/mol.